The molecule has 1 unspecified atom stereocenters. The summed E-state index contributed by atoms with van der Waals surface area (Å²) in [5, 5.41) is 7.01. The quantitative estimate of drug-likeness (QED) is 0.324. The smallest absolute Gasteiger partial charge is 0.196 e. The van der Waals surface area contributed by atoms with Crippen LogP contribution in [0.4, 0.5) is 5.69 Å². The number of rotatable bonds is 7. The fourth-order valence-electron chi connectivity index (χ4n) is 4.20. The van der Waals surface area contributed by atoms with E-state index in [0.29, 0.717) is 27.9 Å². The van der Waals surface area contributed by atoms with Crippen LogP contribution in [0.25, 0.3) is 28.0 Å². The Morgan fingerprint density at radius 2 is 1.82 bits per heavy atom. The van der Waals surface area contributed by atoms with E-state index >= 15 is 0 Å². The Bertz CT molecular complexity index is 1470. The number of carbonyl (C=O) groups is 1. The average Bonchev–Trinajstić information content (AvgIpc) is 2.85. The number of nitrogens with one attached hydrogen (secondary N) is 2. The van der Waals surface area contributed by atoms with E-state index in [1.807, 2.05) is 75.5 Å². The number of anilines is 1. The molecule has 34 heavy (non-hydrogen) atoms. The largest absolute Gasteiger partial charge is 0.455 e. The summed E-state index contributed by atoms with van der Waals surface area (Å²) in [7, 11) is 1.82. The normalized spacial score (nSPS) is 11.8. The Hall–Kier alpha value is -4.12. The molecule has 1 atom stereocenters. The molecule has 0 aliphatic heterocycles. The number of hydrogen-bond donors (Lipinski definition) is 2. The minimum Gasteiger partial charge on any atom is -0.455 e. The molecule has 0 fully saturated rings. The van der Waals surface area contributed by atoms with Gasteiger partial charge in [-0.1, -0.05) is 43.0 Å². The van der Waals surface area contributed by atoms with Crippen LogP contribution in [-0.4, -0.2) is 13.3 Å². The van der Waals surface area contributed by atoms with E-state index in [-0.39, 0.29) is 11.5 Å². The van der Waals surface area contributed by atoms with Crippen molar-refractivity contribution in [1.82, 2.24) is 5.32 Å². The molecule has 5 heteroatoms. The maximum atomic E-state index is 13.4. The highest BCUT2D eigenvalue weighted by Gasteiger charge is 2.19. The molecule has 0 saturated heterocycles. The van der Waals surface area contributed by atoms with Crippen LogP contribution in [0.1, 0.15) is 45.6 Å². The van der Waals surface area contributed by atoms with E-state index in [1.165, 1.54) is 0 Å². The molecule has 172 valence electrons. The van der Waals surface area contributed by atoms with Gasteiger partial charge in [0, 0.05) is 40.7 Å². The first-order chi connectivity index (χ1) is 16.3. The molecule has 0 saturated carbocycles. The molecule has 0 aliphatic carbocycles. The number of aryl methyl sites for hydroxylation is 1. The van der Waals surface area contributed by atoms with Gasteiger partial charge >= 0.3 is 0 Å². The summed E-state index contributed by atoms with van der Waals surface area (Å²) in [4.78, 5) is 24.9. The van der Waals surface area contributed by atoms with Gasteiger partial charge in [-0.3, -0.25) is 9.59 Å². The number of benzene rings is 3. The molecule has 0 spiro atoms. The first-order valence-corrected chi connectivity index (χ1v) is 11.2. The molecule has 2 N–H and O–H groups in total. The summed E-state index contributed by atoms with van der Waals surface area (Å²) in [6.07, 6.45) is 0.830. The summed E-state index contributed by atoms with van der Waals surface area (Å²) in [5.74, 6) is 0.536. The number of hydrogen-bond acceptors (Lipinski definition) is 5. The molecule has 3 aromatic carbocycles. The van der Waals surface area contributed by atoms with Crippen molar-refractivity contribution < 1.29 is 9.21 Å². The van der Waals surface area contributed by atoms with Crippen LogP contribution in [0.3, 0.4) is 0 Å². The third-order valence-electron chi connectivity index (χ3n) is 6.09. The third-order valence-corrected chi connectivity index (χ3v) is 6.09. The zero-order valence-corrected chi connectivity index (χ0v) is 19.9. The van der Waals surface area contributed by atoms with Gasteiger partial charge < -0.3 is 15.1 Å². The van der Waals surface area contributed by atoms with Gasteiger partial charge in [0.25, 0.3) is 0 Å². The SMILES string of the molecule is C=C(NC)c1cccc(-c2oc3c(C(C)Nc4ccccc4C=O)cc(C)cc3c(=O)c2C)c1. The van der Waals surface area contributed by atoms with Gasteiger partial charge in [-0.15, -0.1) is 0 Å². The Labute approximate surface area is 199 Å². The van der Waals surface area contributed by atoms with Crippen molar-refractivity contribution in [2.75, 3.05) is 12.4 Å². The fraction of sp³-hybridized carbons (Fsp3) is 0.172. The molecular weight excluding hydrogens is 424 g/mol. The molecule has 0 amide bonds. The molecule has 1 aromatic heterocycles. The second-order valence-corrected chi connectivity index (χ2v) is 8.50. The Morgan fingerprint density at radius 3 is 2.56 bits per heavy atom. The zero-order chi connectivity index (χ0) is 24.4. The van der Waals surface area contributed by atoms with Crippen LogP contribution in [0, 0.1) is 13.8 Å². The standard InChI is InChI=1S/C29H28N2O3/c1-17-13-24(20(4)31-26-12-7-6-9-23(26)16-32)29-25(14-17)27(33)18(2)28(34-29)22-11-8-10-21(15-22)19(3)30-5/h6-16,20,30-31H,3H2,1-2,4-5H3. The highest BCUT2D eigenvalue weighted by atomic mass is 16.3. The topological polar surface area (TPSA) is 71.3 Å². The van der Waals surface area contributed by atoms with Gasteiger partial charge in [0.1, 0.15) is 11.3 Å². The van der Waals surface area contributed by atoms with E-state index in [4.69, 9.17) is 4.42 Å². The summed E-state index contributed by atoms with van der Waals surface area (Å²) in [5.41, 5.74) is 6.68. The maximum Gasteiger partial charge on any atom is 0.196 e. The molecular formula is C29H28N2O3. The van der Waals surface area contributed by atoms with Crippen LogP contribution in [0.15, 0.2) is 76.5 Å². The minimum absolute atomic E-state index is 0.0560. The van der Waals surface area contributed by atoms with Crippen molar-refractivity contribution in [2.45, 2.75) is 26.8 Å². The summed E-state index contributed by atoms with van der Waals surface area (Å²) >= 11 is 0. The maximum absolute atomic E-state index is 13.4. The van der Waals surface area contributed by atoms with E-state index in [2.05, 4.69) is 17.2 Å². The lowest BCUT2D eigenvalue weighted by atomic mass is 9.98. The van der Waals surface area contributed by atoms with Gasteiger partial charge in [-0.2, -0.15) is 0 Å². The van der Waals surface area contributed by atoms with Crippen molar-refractivity contribution in [3.05, 3.63) is 105 Å². The third kappa shape index (κ3) is 4.25. The second-order valence-electron chi connectivity index (χ2n) is 8.50. The lowest BCUT2D eigenvalue weighted by Gasteiger charge is -2.20. The Morgan fingerprint density at radius 1 is 1.06 bits per heavy atom. The highest BCUT2D eigenvalue weighted by molar-refractivity contribution is 5.86. The first-order valence-electron chi connectivity index (χ1n) is 11.2. The van der Waals surface area contributed by atoms with Crippen LogP contribution in [0.2, 0.25) is 0 Å². The molecule has 1 heterocycles. The summed E-state index contributed by atoms with van der Waals surface area (Å²) in [6, 6.07) is 18.8. The van der Waals surface area contributed by atoms with Crippen molar-refractivity contribution in [3.8, 4) is 11.3 Å². The number of aldehydes is 1. The second kappa shape index (κ2) is 9.40. The summed E-state index contributed by atoms with van der Waals surface area (Å²) < 4.78 is 6.47. The number of para-hydroxylation sites is 1. The van der Waals surface area contributed by atoms with Crippen molar-refractivity contribution in [1.29, 1.82) is 0 Å². The van der Waals surface area contributed by atoms with Crippen LogP contribution in [-0.2, 0) is 0 Å². The Balaban J connectivity index is 1.89. The van der Waals surface area contributed by atoms with E-state index in [0.717, 1.165) is 39.9 Å². The van der Waals surface area contributed by atoms with E-state index < -0.39 is 0 Å². The molecule has 0 bridgehead atoms. The van der Waals surface area contributed by atoms with Gasteiger partial charge in [0.2, 0.25) is 0 Å². The minimum atomic E-state index is -0.211. The number of fused-ring (bicyclic) bond motifs is 1. The molecule has 0 aliphatic rings. The van der Waals surface area contributed by atoms with Crippen LogP contribution >= 0.6 is 0 Å². The van der Waals surface area contributed by atoms with Crippen LogP contribution < -0.4 is 16.1 Å². The van der Waals surface area contributed by atoms with E-state index in [1.54, 1.807) is 13.0 Å². The Kier molecular flexibility index (Phi) is 6.37. The predicted octanol–water partition coefficient (Wildman–Crippen LogP) is 6.25. The lowest BCUT2D eigenvalue weighted by molar-refractivity contribution is 0.112. The molecule has 5 nitrogen and oxygen atoms in total. The van der Waals surface area contributed by atoms with Crippen molar-refractivity contribution >= 4 is 28.6 Å². The molecule has 4 aromatic rings. The zero-order valence-electron chi connectivity index (χ0n) is 19.9. The first kappa shape index (κ1) is 23.1. The number of carbonyl (C=O) groups excluding carboxylic acids is 1. The van der Waals surface area contributed by atoms with Gasteiger partial charge in [0.05, 0.1) is 11.4 Å². The summed E-state index contributed by atoms with van der Waals surface area (Å²) in [6.45, 7) is 9.78. The fourth-order valence-corrected chi connectivity index (χ4v) is 4.20. The van der Waals surface area contributed by atoms with Crippen molar-refractivity contribution in [3.63, 3.8) is 0 Å². The predicted molar refractivity (Wildman–Crippen MR) is 139 cm³/mol. The highest BCUT2D eigenvalue weighted by Crippen LogP contribution is 2.33. The average molecular weight is 453 g/mol. The molecule has 4 rings (SSSR count). The van der Waals surface area contributed by atoms with E-state index in [9.17, 15) is 9.59 Å². The lowest BCUT2D eigenvalue weighted by Crippen LogP contribution is -2.13. The van der Waals surface area contributed by atoms with Crippen molar-refractivity contribution in [2.24, 2.45) is 0 Å². The van der Waals surface area contributed by atoms with Gasteiger partial charge in [-0.05, 0) is 56.2 Å². The van der Waals surface area contributed by atoms with Gasteiger partial charge in [0.15, 0.2) is 11.7 Å². The molecule has 0 radical (unpaired) electrons. The van der Waals surface area contributed by atoms with Crippen LogP contribution in [0.5, 0.6) is 0 Å². The van der Waals surface area contributed by atoms with Gasteiger partial charge in [-0.25, -0.2) is 0 Å². The monoisotopic (exact) mass is 452 g/mol.